The van der Waals surface area contributed by atoms with Crippen LogP contribution < -0.4 is 9.80 Å². The van der Waals surface area contributed by atoms with Crippen LogP contribution in [0.4, 0.5) is 34.1 Å². The van der Waals surface area contributed by atoms with Crippen molar-refractivity contribution >= 4 is 77.5 Å². The van der Waals surface area contributed by atoms with Crippen LogP contribution in [0.3, 0.4) is 0 Å². The molecule has 1 aliphatic carbocycles. The molecule has 0 N–H and O–H groups in total. The minimum absolute atomic E-state index is 0.167. The van der Waals surface area contributed by atoms with E-state index in [-0.39, 0.29) is 5.41 Å². The van der Waals surface area contributed by atoms with E-state index in [1.54, 1.807) is 0 Å². The summed E-state index contributed by atoms with van der Waals surface area (Å²) in [7, 11) is 0. The van der Waals surface area contributed by atoms with E-state index in [1.807, 2.05) is 0 Å². The smallest absolute Gasteiger partial charge is 0.0562 e. The lowest BCUT2D eigenvalue weighted by molar-refractivity contribution is 0.660. The van der Waals surface area contributed by atoms with Crippen molar-refractivity contribution in [3.05, 3.63) is 223 Å². The van der Waals surface area contributed by atoms with E-state index in [1.165, 1.54) is 71.3 Å². The quantitative estimate of drug-likeness (QED) is 0.177. The van der Waals surface area contributed by atoms with Crippen molar-refractivity contribution in [2.24, 2.45) is 0 Å². The normalized spacial score (nSPS) is 13.7. The van der Waals surface area contributed by atoms with Crippen molar-refractivity contribution in [1.82, 2.24) is 4.57 Å². The Kier molecular flexibility index (Phi) is 7.36. The number of aromatic nitrogens is 1. The van der Waals surface area contributed by atoms with Crippen LogP contribution in [0.25, 0.3) is 71.3 Å². The molecule has 1 aromatic heterocycles. The molecule has 0 spiro atoms. The predicted octanol–water partition coefficient (Wildman–Crippen LogP) is 16.3. The third-order valence-electron chi connectivity index (χ3n) is 13.6. The average molecular weight is 792 g/mol. The van der Waals surface area contributed by atoms with E-state index < -0.39 is 0 Å². The molecule has 62 heavy (non-hydrogen) atoms. The second-order valence-corrected chi connectivity index (χ2v) is 17.4. The Balaban J connectivity index is 1.10. The monoisotopic (exact) mass is 791 g/mol. The van der Waals surface area contributed by atoms with E-state index in [2.05, 4.69) is 241 Å². The molecule has 13 rings (SSSR count). The molecule has 292 valence electrons. The van der Waals surface area contributed by atoms with Crippen LogP contribution in [0.2, 0.25) is 0 Å². The summed E-state index contributed by atoms with van der Waals surface area (Å²) in [6.45, 7) is 4.75. The van der Waals surface area contributed by atoms with Gasteiger partial charge in [-0.05, 0) is 134 Å². The summed E-state index contributed by atoms with van der Waals surface area (Å²) in [5.74, 6) is 0. The summed E-state index contributed by atoms with van der Waals surface area (Å²) in [6, 6.07) is 79.0. The van der Waals surface area contributed by atoms with E-state index in [0.717, 1.165) is 45.3 Å². The predicted molar refractivity (Wildman–Crippen MR) is 262 cm³/mol. The molecule has 0 fully saturated rings. The molecule has 0 amide bonds. The van der Waals surface area contributed by atoms with Crippen molar-refractivity contribution in [2.75, 3.05) is 9.80 Å². The number of anilines is 6. The molecule has 2 heterocycles. The third kappa shape index (κ3) is 5.06. The van der Waals surface area contributed by atoms with Gasteiger partial charge >= 0.3 is 0 Å². The molecule has 0 saturated heterocycles. The minimum Gasteiger partial charge on any atom is -0.310 e. The lowest BCUT2D eigenvalue weighted by Gasteiger charge is -2.29. The molecule has 10 aromatic carbocycles. The first-order valence-electron chi connectivity index (χ1n) is 21.6. The number of benzene rings is 10. The summed E-state index contributed by atoms with van der Waals surface area (Å²) in [5, 5.41) is 7.36. The van der Waals surface area contributed by atoms with E-state index >= 15 is 0 Å². The Hall–Kier alpha value is -7.88. The lowest BCUT2D eigenvalue weighted by atomic mass is 9.82. The summed E-state index contributed by atoms with van der Waals surface area (Å²) in [4.78, 5) is 4.93. The standard InChI is InChI=1S/C59H41N3/c1-59(2)52-31-29-46-36-50(52)51-37-47(30-32-53(51)59)61(44-20-10-18-42(35-44)41-17-9-19-43(34-41)60(46)45-28-27-38-13-3-4-15-40(38)33-45)56-25-12-26-57-58(56)49-22-7-8-23-55(49)62(57)54-24-11-16-39-14-5-6-21-48(39)54/h3-37H,1-2H3. The Labute approximate surface area is 361 Å². The first-order valence-corrected chi connectivity index (χ1v) is 21.6. The van der Waals surface area contributed by atoms with Crippen LogP contribution in [0, 0.1) is 0 Å². The second kappa shape index (κ2) is 13.1. The molecule has 0 radical (unpaired) electrons. The number of hydrogen-bond acceptors (Lipinski definition) is 2. The summed E-state index contributed by atoms with van der Waals surface area (Å²) in [5.41, 5.74) is 17.7. The SMILES string of the molecule is CC1(C)c2ccc3cc2-c2cc(ccc21)N(c1cccc2c1c1ccccc1n2-c1cccc2ccccc12)c1cccc(c1)-c1cccc(c1)N3c1ccc2ccccc2c1. The molecular weight excluding hydrogens is 751 g/mol. The first kappa shape index (κ1) is 34.9. The molecule has 0 saturated carbocycles. The Morgan fingerprint density at radius 3 is 1.61 bits per heavy atom. The Morgan fingerprint density at radius 1 is 0.339 bits per heavy atom. The maximum absolute atomic E-state index is 2.50. The zero-order chi connectivity index (χ0) is 41.1. The molecule has 1 aliphatic heterocycles. The highest BCUT2D eigenvalue weighted by molar-refractivity contribution is 6.17. The highest BCUT2D eigenvalue weighted by Gasteiger charge is 2.37. The molecule has 3 heteroatoms. The van der Waals surface area contributed by atoms with Gasteiger partial charge in [0, 0.05) is 50.0 Å². The van der Waals surface area contributed by atoms with Crippen molar-refractivity contribution in [2.45, 2.75) is 19.3 Å². The van der Waals surface area contributed by atoms with Gasteiger partial charge in [-0.15, -0.1) is 0 Å². The van der Waals surface area contributed by atoms with Crippen molar-refractivity contribution < 1.29 is 0 Å². The van der Waals surface area contributed by atoms with Gasteiger partial charge in [0.2, 0.25) is 0 Å². The molecule has 0 unspecified atom stereocenters. The molecule has 3 nitrogen and oxygen atoms in total. The topological polar surface area (TPSA) is 11.4 Å². The maximum Gasteiger partial charge on any atom is 0.0562 e. The fraction of sp³-hybridized carbons (Fsp3) is 0.0508. The van der Waals surface area contributed by atoms with Gasteiger partial charge in [-0.25, -0.2) is 0 Å². The van der Waals surface area contributed by atoms with Gasteiger partial charge in [0.15, 0.2) is 0 Å². The first-order chi connectivity index (χ1) is 30.5. The van der Waals surface area contributed by atoms with Crippen molar-refractivity contribution in [3.63, 3.8) is 0 Å². The summed E-state index contributed by atoms with van der Waals surface area (Å²) < 4.78 is 2.47. The van der Waals surface area contributed by atoms with E-state index in [9.17, 15) is 0 Å². The number of hydrogen-bond donors (Lipinski definition) is 0. The fourth-order valence-electron chi connectivity index (χ4n) is 10.7. The average Bonchev–Trinajstić information content (AvgIpc) is 3.77. The van der Waals surface area contributed by atoms with Gasteiger partial charge in [-0.1, -0.05) is 141 Å². The highest BCUT2D eigenvalue weighted by Crippen LogP contribution is 2.54. The minimum atomic E-state index is -0.167. The maximum atomic E-state index is 2.50. The molecule has 2 aliphatic rings. The van der Waals surface area contributed by atoms with Gasteiger partial charge in [0.1, 0.15) is 0 Å². The number of para-hydroxylation sites is 1. The van der Waals surface area contributed by atoms with Gasteiger partial charge < -0.3 is 14.4 Å². The Bertz CT molecular complexity index is 3640. The Morgan fingerprint density at radius 2 is 0.855 bits per heavy atom. The third-order valence-corrected chi connectivity index (χ3v) is 13.6. The molecule has 11 aromatic rings. The fourth-order valence-corrected chi connectivity index (χ4v) is 10.7. The highest BCUT2D eigenvalue weighted by atomic mass is 15.2. The molecule has 0 atom stereocenters. The summed E-state index contributed by atoms with van der Waals surface area (Å²) >= 11 is 0. The van der Waals surface area contributed by atoms with Gasteiger partial charge in [0.25, 0.3) is 0 Å². The zero-order valence-corrected chi connectivity index (χ0v) is 34.5. The largest absolute Gasteiger partial charge is 0.310 e. The van der Waals surface area contributed by atoms with Crippen molar-refractivity contribution in [3.8, 4) is 27.9 Å². The molecular formula is C59H41N3. The second-order valence-electron chi connectivity index (χ2n) is 17.4. The van der Waals surface area contributed by atoms with E-state index in [0.29, 0.717) is 0 Å². The van der Waals surface area contributed by atoms with Crippen LogP contribution in [0.5, 0.6) is 0 Å². The van der Waals surface area contributed by atoms with Crippen LogP contribution >= 0.6 is 0 Å². The van der Waals surface area contributed by atoms with Gasteiger partial charge in [-0.3, -0.25) is 0 Å². The number of fused-ring (bicyclic) bond motifs is 12. The van der Waals surface area contributed by atoms with Gasteiger partial charge in [-0.2, -0.15) is 0 Å². The lowest BCUT2D eigenvalue weighted by Crippen LogP contribution is -2.16. The van der Waals surface area contributed by atoms with Crippen molar-refractivity contribution in [1.29, 1.82) is 0 Å². The zero-order valence-electron chi connectivity index (χ0n) is 34.5. The number of rotatable bonds is 3. The van der Waals surface area contributed by atoms with Crippen LogP contribution in [-0.4, -0.2) is 4.57 Å². The van der Waals surface area contributed by atoms with Crippen LogP contribution in [-0.2, 0) is 5.41 Å². The molecule has 8 bridgehead atoms. The van der Waals surface area contributed by atoms with Gasteiger partial charge in [0.05, 0.1) is 22.4 Å². The van der Waals surface area contributed by atoms with Crippen LogP contribution in [0.15, 0.2) is 212 Å². The summed E-state index contributed by atoms with van der Waals surface area (Å²) in [6.07, 6.45) is 0. The van der Waals surface area contributed by atoms with Crippen LogP contribution in [0.1, 0.15) is 25.0 Å². The number of nitrogens with zero attached hydrogens (tertiary/aromatic N) is 3. The van der Waals surface area contributed by atoms with E-state index in [4.69, 9.17) is 0 Å².